The van der Waals surface area contributed by atoms with Crippen molar-refractivity contribution < 1.29 is 0 Å². The minimum Gasteiger partial charge on any atom is -0.312 e. The summed E-state index contributed by atoms with van der Waals surface area (Å²) in [4.78, 5) is 0. The molecule has 0 radical (unpaired) electrons. The maximum atomic E-state index is 3.62. The summed E-state index contributed by atoms with van der Waals surface area (Å²) in [6.07, 6.45) is 2.73. The Morgan fingerprint density at radius 2 is 1.78 bits per heavy atom. The summed E-state index contributed by atoms with van der Waals surface area (Å²) >= 11 is 0. The van der Waals surface area contributed by atoms with Gasteiger partial charge in [-0.05, 0) is 57.2 Å². The molecule has 100 valence electrons. The van der Waals surface area contributed by atoms with E-state index in [4.69, 9.17) is 0 Å². The van der Waals surface area contributed by atoms with Crippen LogP contribution in [-0.2, 0) is 6.54 Å². The fourth-order valence-corrected chi connectivity index (χ4v) is 2.47. The van der Waals surface area contributed by atoms with Gasteiger partial charge in [0.15, 0.2) is 0 Å². The van der Waals surface area contributed by atoms with Crippen molar-refractivity contribution in [3.05, 3.63) is 34.4 Å². The molecule has 0 aromatic heterocycles. The lowest BCUT2D eigenvalue weighted by molar-refractivity contribution is 0.499. The highest BCUT2D eigenvalue weighted by Crippen LogP contribution is 2.18. The Labute approximate surface area is 111 Å². The minimum absolute atomic E-state index is 0.533. The van der Waals surface area contributed by atoms with Gasteiger partial charge < -0.3 is 10.6 Å². The Balaban J connectivity index is 1.84. The first-order valence-corrected chi connectivity index (χ1v) is 7.09. The highest BCUT2D eigenvalue weighted by atomic mass is 15.0. The van der Waals surface area contributed by atoms with E-state index < -0.39 is 0 Å². The molecule has 18 heavy (non-hydrogen) atoms. The second-order valence-corrected chi connectivity index (χ2v) is 5.84. The Morgan fingerprint density at radius 3 is 2.33 bits per heavy atom. The molecule has 0 heterocycles. The van der Waals surface area contributed by atoms with Crippen molar-refractivity contribution in [3.8, 4) is 0 Å². The molecule has 2 rings (SSSR count). The van der Waals surface area contributed by atoms with E-state index >= 15 is 0 Å². The molecular weight excluding hydrogens is 220 g/mol. The number of hydrogen-bond acceptors (Lipinski definition) is 2. The fourth-order valence-electron chi connectivity index (χ4n) is 2.47. The zero-order valence-corrected chi connectivity index (χ0v) is 12.1. The average Bonchev–Trinajstić information content (AvgIpc) is 3.08. The molecule has 1 aliphatic rings. The van der Waals surface area contributed by atoms with Crippen LogP contribution in [0.3, 0.4) is 0 Å². The van der Waals surface area contributed by atoms with Crippen LogP contribution in [0.1, 0.15) is 42.0 Å². The number of nitrogens with one attached hydrogen (secondary N) is 2. The van der Waals surface area contributed by atoms with Crippen LogP contribution in [-0.4, -0.2) is 18.6 Å². The summed E-state index contributed by atoms with van der Waals surface area (Å²) in [5, 5.41) is 7.19. The van der Waals surface area contributed by atoms with Crippen LogP contribution in [0.15, 0.2) is 12.1 Å². The maximum Gasteiger partial charge on any atom is 0.0213 e. The van der Waals surface area contributed by atoms with Gasteiger partial charge in [-0.3, -0.25) is 0 Å². The second kappa shape index (κ2) is 5.85. The standard InChI is InChI=1S/C16H26N2/c1-11-7-12(2)16(13(3)8-11)10-17-14(4)9-18-15-5-6-15/h7-8,14-15,17-18H,5-6,9-10H2,1-4H3. The molecule has 1 unspecified atom stereocenters. The van der Waals surface area contributed by atoms with Gasteiger partial charge in [0.1, 0.15) is 0 Å². The third kappa shape index (κ3) is 3.82. The molecule has 2 heteroatoms. The van der Waals surface area contributed by atoms with E-state index in [2.05, 4.69) is 50.5 Å². The van der Waals surface area contributed by atoms with E-state index in [-0.39, 0.29) is 0 Å². The highest BCUT2D eigenvalue weighted by Gasteiger charge is 2.20. The summed E-state index contributed by atoms with van der Waals surface area (Å²) in [5.41, 5.74) is 5.63. The minimum atomic E-state index is 0.533. The average molecular weight is 246 g/mol. The fraction of sp³-hybridized carbons (Fsp3) is 0.625. The molecule has 2 nitrogen and oxygen atoms in total. The first-order valence-electron chi connectivity index (χ1n) is 7.09. The van der Waals surface area contributed by atoms with E-state index in [0.29, 0.717) is 6.04 Å². The number of aryl methyl sites for hydroxylation is 3. The summed E-state index contributed by atoms with van der Waals surface area (Å²) in [6.45, 7) is 10.9. The molecule has 0 bridgehead atoms. The Hall–Kier alpha value is -0.860. The zero-order chi connectivity index (χ0) is 13.1. The first kappa shape index (κ1) is 13.6. The second-order valence-electron chi connectivity index (χ2n) is 5.84. The van der Waals surface area contributed by atoms with Gasteiger partial charge in [-0.15, -0.1) is 0 Å². The first-order chi connectivity index (χ1) is 8.56. The van der Waals surface area contributed by atoms with Crippen molar-refractivity contribution in [1.29, 1.82) is 0 Å². The van der Waals surface area contributed by atoms with Crippen molar-refractivity contribution in [2.24, 2.45) is 0 Å². The number of hydrogen-bond donors (Lipinski definition) is 2. The van der Waals surface area contributed by atoms with Crippen LogP contribution in [0.4, 0.5) is 0 Å². The van der Waals surface area contributed by atoms with E-state index in [1.807, 2.05) is 0 Å². The molecule has 1 aliphatic carbocycles. The van der Waals surface area contributed by atoms with Crippen molar-refractivity contribution in [2.45, 2.75) is 59.2 Å². The van der Waals surface area contributed by atoms with E-state index in [0.717, 1.165) is 19.1 Å². The summed E-state index contributed by atoms with van der Waals surface area (Å²) in [5.74, 6) is 0. The molecule has 0 saturated heterocycles. The normalized spacial score (nSPS) is 16.9. The van der Waals surface area contributed by atoms with Gasteiger partial charge in [0, 0.05) is 25.2 Å². The van der Waals surface area contributed by atoms with Crippen molar-refractivity contribution >= 4 is 0 Å². The molecule has 1 saturated carbocycles. The number of rotatable bonds is 6. The molecule has 0 amide bonds. The predicted molar refractivity (Wildman–Crippen MR) is 78.0 cm³/mol. The van der Waals surface area contributed by atoms with E-state index in [9.17, 15) is 0 Å². The largest absolute Gasteiger partial charge is 0.312 e. The third-order valence-electron chi connectivity index (χ3n) is 3.76. The van der Waals surface area contributed by atoms with Crippen LogP contribution < -0.4 is 10.6 Å². The summed E-state index contributed by atoms with van der Waals surface area (Å²) in [6, 6.07) is 5.89. The monoisotopic (exact) mass is 246 g/mol. The topological polar surface area (TPSA) is 24.1 Å². The maximum absolute atomic E-state index is 3.62. The van der Waals surface area contributed by atoms with Gasteiger partial charge in [0.05, 0.1) is 0 Å². The molecule has 0 spiro atoms. The Morgan fingerprint density at radius 1 is 1.17 bits per heavy atom. The van der Waals surface area contributed by atoms with Gasteiger partial charge >= 0.3 is 0 Å². The quantitative estimate of drug-likeness (QED) is 0.806. The van der Waals surface area contributed by atoms with E-state index in [1.165, 1.54) is 35.1 Å². The lowest BCUT2D eigenvalue weighted by atomic mass is 9.99. The SMILES string of the molecule is Cc1cc(C)c(CNC(C)CNC2CC2)c(C)c1. The van der Waals surface area contributed by atoms with Crippen molar-refractivity contribution in [2.75, 3.05) is 6.54 Å². The van der Waals surface area contributed by atoms with Crippen molar-refractivity contribution in [1.82, 2.24) is 10.6 Å². The van der Waals surface area contributed by atoms with Crippen LogP contribution in [0.5, 0.6) is 0 Å². The van der Waals surface area contributed by atoms with Gasteiger partial charge in [-0.1, -0.05) is 17.7 Å². The molecule has 0 aliphatic heterocycles. The Kier molecular flexibility index (Phi) is 4.41. The zero-order valence-electron chi connectivity index (χ0n) is 12.1. The summed E-state index contributed by atoms with van der Waals surface area (Å²) in [7, 11) is 0. The van der Waals surface area contributed by atoms with E-state index in [1.54, 1.807) is 0 Å². The van der Waals surface area contributed by atoms with Gasteiger partial charge in [-0.2, -0.15) is 0 Å². The smallest absolute Gasteiger partial charge is 0.0213 e. The molecule has 1 aromatic carbocycles. The van der Waals surface area contributed by atoms with Gasteiger partial charge in [-0.25, -0.2) is 0 Å². The van der Waals surface area contributed by atoms with Crippen LogP contribution in [0.2, 0.25) is 0 Å². The molecule has 1 aromatic rings. The van der Waals surface area contributed by atoms with Crippen LogP contribution in [0.25, 0.3) is 0 Å². The summed E-state index contributed by atoms with van der Waals surface area (Å²) < 4.78 is 0. The van der Waals surface area contributed by atoms with Gasteiger partial charge in [0.25, 0.3) is 0 Å². The van der Waals surface area contributed by atoms with Gasteiger partial charge in [0.2, 0.25) is 0 Å². The van der Waals surface area contributed by atoms with Crippen LogP contribution >= 0.6 is 0 Å². The third-order valence-corrected chi connectivity index (χ3v) is 3.76. The molecule has 2 N–H and O–H groups in total. The predicted octanol–water partition coefficient (Wildman–Crippen LogP) is 2.84. The lowest BCUT2D eigenvalue weighted by Crippen LogP contribution is -2.37. The highest BCUT2D eigenvalue weighted by molar-refractivity contribution is 5.37. The van der Waals surface area contributed by atoms with Crippen molar-refractivity contribution in [3.63, 3.8) is 0 Å². The molecular formula is C16H26N2. The number of benzene rings is 1. The lowest BCUT2D eigenvalue weighted by Gasteiger charge is -2.17. The molecule has 1 fully saturated rings. The Bertz CT molecular complexity index is 385. The molecule has 1 atom stereocenters. The van der Waals surface area contributed by atoms with Crippen LogP contribution in [0, 0.1) is 20.8 Å².